The molecule has 0 saturated heterocycles. The van der Waals surface area contributed by atoms with E-state index in [-0.39, 0.29) is 56.0 Å². The van der Waals surface area contributed by atoms with Crippen LogP contribution in [0.25, 0.3) is 16.7 Å². The van der Waals surface area contributed by atoms with E-state index < -0.39 is 0 Å². The molecule has 1 nitrogen and oxygen atoms in total. The Hall–Kier alpha value is -5.86. The number of fused-ring (bicyclic) bond motifs is 7. The van der Waals surface area contributed by atoms with Crippen LogP contribution in [0.3, 0.4) is 0 Å². The van der Waals surface area contributed by atoms with Crippen LogP contribution in [0.2, 0.25) is 0 Å². The van der Waals surface area contributed by atoms with Crippen molar-refractivity contribution in [1.82, 2.24) is 0 Å². The van der Waals surface area contributed by atoms with Crippen LogP contribution in [-0.4, -0.2) is 6.71 Å². The van der Waals surface area contributed by atoms with Gasteiger partial charge in [0.05, 0.1) is 0 Å². The van der Waals surface area contributed by atoms with Gasteiger partial charge in [-0.2, -0.15) is 0 Å². The Labute approximate surface area is 495 Å². The van der Waals surface area contributed by atoms with E-state index in [9.17, 15) is 0 Å². The van der Waals surface area contributed by atoms with Gasteiger partial charge in [0.15, 0.2) is 0 Å². The SMILES string of the molecule is C=C1c2ccc3c(c2)N(c2cc4c(cc2C)C(C)(C)CCC4(C)c2cc(C)c(cc2C(C)(C)C)C2(C)CCCCC12C)c1cc(C)cc(C)c1B3c1cc2c(cc1C(C)c1ccc3c(c1)C(C)(C)c1ccccc1-3)C(C)(C)CCC2(C)C. The molecule has 3 aliphatic heterocycles. The summed E-state index contributed by atoms with van der Waals surface area (Å²) in [5, 5.41) is 0. The Balaban J connectivity index is 1.13. The fourth-order valence-corrected chi connectivity index (χ4v) is 18.2. The molecule has 0 spiro atoms. The van der Waals surface area contributed by atoms with Crippen LogP contribution in [0.5, 0.6) is 0 Å². The molecule has 14 rings (SSSR count). The molecule has 4 unspecified atom stereocenters. The number of aryl methyl sites for hydroxylation is 4. The number of anilines is 3. The van der Waals surface area contributed by atoms with Crippen molar-refractivity contribution in [2.75, 3.05) is 4.90 Å². The fraction of sp³-hybridized carbons (Fsp3) is 0.450. The maximum Gasteiger partial charge on any atom is 0.247 e. The van der Waals surface area contributed by atoms with Gasteiger partial charge in [-0.25, -0.2) is 0 Å². The molecule has 1 saturated carbocycles. The molecule has 7 aromatic carbocycles. The van der Waals surface area contributed by atoms with Crippen molar-refractivity contribution in [3.63, 3.8) is 0 Å². The van der Waals surface area contributed by atoms with Gasteiger partial charge in [0.1, 0.15) is 0 Å². The first-order valence-corrected chi connectivity index (χ1v) is 31.8. The van der Waals surface area contributed by atoms with E-state index in [1.807, 2.05) is 0 Å². The lowest BCUT2D eigenvalue weighted by atomic mass is 9.33. The van der Waals surface area contributed by atoms with E-state index in [0.29, 0.717) is 0 Å². The van der Waals surface area contributed by atoms with Crippen LogP contribution < -0.4 is 21.3 Å². The van der Waals surface area contributed by atoms with Crippen LogP contribution in [0.4, 0.5) is 17.1 Å². The topological polar surface area (TPSA) is 3.24 Å². The minimum absolute atomic E-state index is 0.0185. The van der Waals surface area contributed by atoms with Crippen molar-refractivity contribution >= 4 is 45.7 Å². The summed E-state index contributed by atoms with van der Waals surface area (Å²) < 4.78 is 0. The van der Waals surface area contributed by atoms with Gasteiger partial charge in [-0.15, -0.1) is 0 Å². The first-order chi connectivity index (χ1) is 38.3. The summed E-state index contributed by atoms with van der Waals surface area (Å²) in [5.41, 5.74) is 34.8. The molecule has 2 heteroatoms. The Kier molecular flexibility index (Phi) is 12.0. The summed E-state index contributed by atoms with van der Waals surface area (Å²) in [6, 6.07) is 45.7. The molecule has 3 heterocycles. The third kappa shape index (κ3) is 7.69. The van der Waals surface area contributed by atoms with Gasteiger partial charge in [0.25, 0.3) is 0 Å². The molecule has 0 amide bonds. The Morgan fingerprint density at radius 3 is 1.80 bits per heavy atom. The van der Waals surface area contributed by atoms with Crippen LogP contribution in [0.1, 0.15) is 250 Å². The van der Waals surface area contributed by atoms with Crippen LogP contribution in [0.15, 0.2) is 116 Å². The Morgan fingerprint density at radius 2 is 1.11 bits per heavy atom. The third-order valence-electron chi connectivity index (χ3n) is 23.9. The van der Waals surface area contributed by atoms with E-state index in [1.54, 1.807) is 0 Å². The van der Waals surface area contributed by atoms with Crippen molar-refractivity contribution in [2.45, 2.75) is 227 Å². The highest BCUT2D eigenvalue weighted by atomic mass is 15.2. The van der Waals surface area contributed by atoms with Crippen molar-refractivity contribution in [2.24, 2.45) is 5.41 Å². The zero-order chi connectivity index (χ0) is 58.6. The monoisotopic (exact) mass is 1080 g/mol. The molecule has 7 aliphatic rings. The molecule has 0 radical (unpaired) electrons. The lowest BCUT2D eigenvalue weighted by Crippen LogP contribution is -2.59. The number of benzene rings is 7. The largest absolute Gasteiger partial charge is 0.311 e. The van der Waals surface area contributed by atoms with E-state index >= 15 is 0 Å². The summed E-state index contributed by atoms with van der Waals surface area (Å²) in [5.74, 6) is 0.136. The van der Waals surface area contributed by atoms with E-state index in [1.165, 1.54) is 165 Å². The highest BCUT2D eigenvalue weighted by Crippen LogP contribution is 2.61. The fourth-order valence-electron chi connectivity index (χ4n) is 18.2. The van der Waals surface area contributed by atoms with Crippen molar-refractivity contribution in [1.29, 1.82) is 0 Å². The Bertz CT molecular complexity index is 3900. The number of hydrogen-bond donors (Lipinski definition) is 0. The summed E-state index contributed by atoms with van der Waals surface area (Å²) in [7, 11) is 0. The average molecular weight is 1080 g/mol. The second kappa shape index (κ2) is 17.8. The maximum atomic E-state index is 5.33. The van der Waals surface area contributed by atoms with Crippen molar-refractivity contribution < 1.29 is 0 Å². The molecule has 7 aromatic rings. The number of allylic oxidation sites excluding steroid dienone is 1. The highest BCUT2D eigenvalue weighted by molar-refractivity contribution is 6.98. The van der Waals surface area contributed by atoms with Gasteiger partial charge in [0.2, 0.25) is 6.71 Å². The molecule has 4 aliphatic carbocycles. The van der Waals surface area contributed by atoms with Crippen molar-refractivity contribution in [3.8, 4) is 11.1 Å². The first-order valence-electron chi connectivity index (χ1n) is 31.8. The van der Waals surface area contributed by atoms with Gasteiger partial charge >= 0.3 is 0 Å². The van der Waals surface area contributed by atoms with Crippen LogP contribution in [-0.2, 0) is 37.9 Å². The van der Waals surface area contributed by atoms with Crippen LogP contribution in [0, 0.1) is 33.1 Å². The summed E-state index contributed by atoms with van der Waals surface area (Å²) >= 11 is 0. The molecule has 6 bridgehead atoms. The number of rotatable bonds is 3. The molecular weight excluding hydrogens is 986 g/mol. The van der Waals surface area contributed by atoms with Gasteiger partial charge < -0.3 is 4.90 Å². The van der Waals surface area contributed by atoms with Gasteiger partial charge in [-0.1, -0.05) is 225 Å². The lowest BCUT2D eigenvalue weighted by Gasteiger charge is -2.53. The standard InChI is InChI=1S/C80H94BN/c1-47-37-50(4)72-71(38-47)82-69-46-66-62(40-49(69)3)76(14,15)35-36-78(66,18)65-39-48(2)59(44-61(65)73(7,8)9)80(20)32-24-23-31-79(80,19)52(6)54-28-30-67(70(82)42-54)81(72)68-45-64-63(74(10,11)33-34-75(64,12)13)43-57(68)51(5)53-27-29-56-55-25-21-22-26-58(55)77(16,17)60(56)41-53/h21-22,25-30,37-46,51H,6,23-24,31-36H2,1-5,7-20H3. The minimum atomic E-state index is -0.210. The Morgan fingerprint density at radius 1 is 0.488 bits per heavy atom. The second-order valence-corrected chi connectivity index (χ2v) is 31.8. The summed E-state index contributed by atoms with van der Waals surface area (Å²) in [4.78, 5) is 2.77. The lowest BCUT2D eigenvalue weighted by molar-refractivity contribution is 0.151. The average Bonchev–Trinajstić information content (AvgIpc) is 1.49. The number of hydrogen-bond acceptors (Lipinski definition) is 1. The molecule has 4 atom stereocenters. The maximum absolute atomic E-state index is 5.33. The molecule has 0 aromatic heterocycles. The van der Waals surface area contributed by atoms with Gasteiger partial charge in [0, 0.05) is 44.6 Å². The normalized spacial score (nSPS) is 24.4. The summed E-state index contributed by atoms with van der Waals surface area (Å²) in [6.45, 7) is 52.7. The second-order valence-electron chi connectivity index (χ2n) is 31.8. The number of nitrogens with zero attached hydrogens (tertiary/aromatic N) is 1. The van der Waals surface area contributed by atoms with E-state index in [2.05, 4.69) is 246 Å². The van der Waals surface area contributed by atoms with Crippen LogP contribution >= 0.6 is 0 Å². The highest BCUT2D eigenvalue weighted by Gasteiger charge is 2.53. The van der Waals surface area contributed by atoms with Crippen molar-refractivity contribution in [3.05, 3.63) is 205 Å². The molecule has 82 heavy (non-hydrogen) atoms. The molecule has 422 valence electrons. The molecular formula is C80H94BN. The zero-order valence-electron chi connectivity index (χ0n) is 53.9. The first kappa shape index (κ1) is 55.3. The van der Waals surface area contributed by atoms with E-state index in [4.69, 9.17) is 6.58 Å². The van der Waals surface area contributed by atoms with Gasteiger partial charge in [-0.3, -0.25) is 0 Å². The minimum Gasteiger partial charge on any atom is -0.311 e. The van der Waals surface area contributed by atoms with E-state index in [0.717, 1.165) is 25.7 Å². The predicted molar refractivity (Wildman–Crippen MR) is 355 cm³/mol. The smallest absolute Gasteiger partial charge is 0.247 e. The molecule has 1 fully saturated rings. The quantitative estimate of drug-likeness (QED) is 0.159. The molecule has 0 N–H and O–H groups in total. The summed E-state index contributed by atoms with van der Waals surface area (Å²) in [6.07, 6.45) is 9.29. The predicted octanol–water partition coefficient (Wildman–Crippen LogP) is 19.6. The van der Waals surface area contributed by atoms with Gasteiger partial charge in [-0.05, 0) is 217 Å². The zero-order valence-corrected chi connectivity index (χ0v) is 53.9. The third-order valence-corrected chi connectivity index (χ3v) is 23.9.